The van der Waals surface area contributed by atoms with E-state index in [2.05, 4.69) is 37.4 Å². The number of benzene rings is 2. The molecular weight excluding hydrogens is 358 g/mol. The van der Waals surface area contributed by atoms with Crippen LogP contribution in [0.1, 0.15) is 63.8 Å². The molecule has 140 valence electrons. The molecule has 2 fully saturated rings. The number of aromatic carboxylic acids is 1. The summed E-state index contributed by atoms with van der Waals surface area (Å²) in [4.78, 5) is 11.9. The Morgan fingerprint density at radius 3 is 2.67 bits per heavy atom. The highest BCUT2D eigenvalue weighted by Gasteiger charge is 2.54. The Labute approximate surface area is 164 Å². The quantitative estimate of drug-likeness (QED) is 0.675. The van der Waals surface area contributed by atoms with Crippen molar-refractivity contribution in [2.24, 2.45) is 17.8 Å². The van der Waals surface area contributed by atoms with E-state index in [0.29, 0.717) is 34.3 Å². The molecule has 27 heavy (non-hydrogen) atoms. The lowest BCUT2D eigenvalue weighted by atomic mass is 9.67. The van der Waals surface area contributed by atoms with E-state index < -0.39 is 5.97 Å². The zero-order valence-corrected chi connectivity index (χ0v) is 16.4. The van der Waals surface area contributed by atoms with Crippen molar-refractivity contribution in [3.8, 4) is 0 Å². The van der Waals surface area contributed by atoms with Gasteiger partial charge in [-0.05, 0) is 85.6 Å². The number of fused-ring (bicyclic) bond motifs is 7. The van der Waals surface area contributed by atoms with Crippen LogP contribution in [-0.2, 0) is 0 Å². The molecule has 0 aromatic heterocycles. The Bertz CT molecular complexity index is 954. The van der Waals surface area contributed by atoms with Gasteiger partial charge < -0.3 is 10.4 Å². The average Bonchev–Trinajstić information content (AvgIpc) is 3.25. The third kappa shape index (κ3) is 2.51. The van der Waals surface area contributed by atoms with Crippen molar-refractivity contribution in [3.63, 3.8) is 0 Å². The van der Waals surface area contributed by atoms with Gasteiger partial charge in [0.15, 0.2) is 0 Å². The molecule has 5 rings (SSSR count). The normalized spacial score (nSPS) is 30.6. The van der Waals surface area contributed by atoms with Gasteiger partial charge in [0.25, 0.3) is 0 Å². The lowest BCUT2D eigenvalue weighted by Crippen LogP contribution is -2.36. The van der Waals surface area contributed by atoms with Crippen LogP contribution in [0.4, 0.5) is 5.69 Å². The molecule has 3 aliphatic rings. The van der Waals surface area contributed by atoms with Gasteiger partial charge in [-0.2, -0.15) is 0 Å². The number of carbonyl (C=O) groups is 1. The van der Waals surface area contributed by atoms with Crippen LogP contribution < -0.4 is 5.32 Å². The number of hydrogen-bond acceptors (Lipinski definition) is 2. The number of carboxylic acid groups (broad SMARTS) is 1. The number of aryl methyl sites for hydroxylation is 2. The largest absolute Gasteiger partial charge is 0.478 e. The fourth-order valence-corrected chi connectivity index (χ4v) is 6.36. The summed E-state index contributed by atoms with van der Waals surface area (Å²) < 4.78 is 0. The maximum atomic E-state index is 11.9. The summed E-state index contributed by atoms with van der Waals surface area (Å²) >= 11 is 6.33. The molecule has 3 nitrogen and oxygen atoms in total. The number of hydrogen-bond donors (Lipinski definition) is 2. The molecule has 0 radical (unpaired) electrons. The van der Waals surface area contributed by atoms with Crippen LogP contribution in [0.3, 0.4) is 0 Å². The zero-order chi connectivity index (χ0) is 18.9. The molecular formula is C23H24ClNO2. The maximum absolute atomic E-state index is 11.9. The number of rotatable bonds is 2. The minimum atomic E-state index is -0.914. The first-order valence-electron chi connectivity index (χ1n) is 9.84. The van der Waals surface area contributed by atoms with E-state index in [1.807, 2.05) is 6.07 Å². The zero-order valence-electron chi connectivity index (χ0n) is 15.6. The van der Waals surface area contributed by atoms with Crippen molar-refractivity contribution in [3.05, 3.63) is 63.2 Å². The molecule has 0 saturated heterocycles. The Balaban J connectivity index is 1.72. The molecule has 2 aliphatic carbocycles. The van der Waals surface area contributed by atoms with E-state index in [1.165, 1.54) is 36.0 Å². The standard InChI is InChI=1S/C23H24ClNO2/c1-11-3-4-12(2)16(7-11)22-20-14-6-5-13(8-14)19(20)17-9-15(24)10-18(23(26)27)21(17)25-22/h3-4,7,9-10,13-14,19-20,22,25H,5-6,8H2,1-2H3,(H,26,27)/t13-,14+,19+,20+,22+/m0/s1. The number of carboxylic acids is 1. The van der Waals surface area contributed by atoms with E-state index >= 15 is 0 Å². The maximum Gasteiger partial charge on any atom is 0.337 e. The van der Waals surface area contributed by atoms with Crippen LogP contribution in [-0.4, -0.2) is 11.1 Å². The van der Waals surface area contributed by atoms with Gasteiger partial charge in [0, 0.05) is 5.02 Å². The monoisotopic (exact) mass is 381 g/mol. The molecule has 2 aromatic carbocycles. The highest BCUT2D eigenvalue weighted by atomic mass is 35.5. The Morgan fingerprint density at radius 1 is 1.11 bits per heavy atom. The lowest BCUT2D eigenvalue weighted by Gasteiger charge is -2.44. The van der Waals surface area contributed by atoms with Crippen LogP contribution in [0, 0.1) is 31.6 Å². The summed E-state index contributed by atoms with van der Waals surface area (Å²) in [6.07, 6.45) is 3.79. The van der Waals surface area contributed by atoms with Crippen LogP contribution in [0.5, 0.6) is 0 Å². The second-order valence-electron chi connectivity index (χ2n) is 8.64. The van der Waals surface area contributed by atoms with Gasteiger partial charge in [-0.15, -0.1) is 0 Å². The molecule has 1 aliphatic heterocycles. The minimum absolute atomic E-state index is 0.164. The van der Waals surface area contributed by atoms with E-state index in [9.17, 15) is 9.90 Å². The van der Waals surface area contributed by atoms with Crippen molar-refractivity contribution in [1.29, 1.82) is 0 Å². The van der Waals surface area contributed by atoms with Crippen molar-refractivity contribution < 1.29 is 9.90 Å². The minimum Gasteiger partial charge on any atom is -0.478 e. The molecule has 2 N–H and O–H groups in total. The fraction of sp³-hybridized carbons (Fsp3) is 0.435. The highest BCUT2D eigenvalue weighted by molar-refractivity contribution is 6.31. The van der Waals surface area contributed by atoms with E-state index in [-0.39, 0.29) is 6.04 Å². The van der Waals surface area contributed by atoms with Crippen molar-refractivity contribution >= 4 is 23.3 Å². The summed E-state index contributed by atoms with van der Waals surface area (Å²) in [6, 6.07) is 10.4. The van der Waals surface area contributed by atoms with Crippen molar-refractivity contribution in [2.45, 2.75) is 45.1 Å². The Hall–Kier alpha value is -2.00. The fourth-order valence-electron chi connectivity index (χ4n) is 6.13. The molecule has 2 saturated carbocycles. The molecule has 4 heteroatoms. The molecule has 0 amide bonds. The lowest BCUT2D eigenvalue weighted by molar-refractivity contribution is 0.0697. The Morgan fingerprint density at radius 2 is 1.89 bits per heavy atom. The highest BCUT2D eigenvalue weighted by Crippen LogP contribution is 2.64. The molecule has 1 heterocycles. The Kier molecular flexibility index (Phi) is 3.80. The molecule has 2 bridgehead atoms. The first-order valence-corrected chi connectivity index (χ1v) is 10.2. The molecule has 0 unspecified atom stereocenters. The number of anilines is 1. The summed E-state index contributed by atoms with van der Waals surface area (Å²) in [6.45, 7) is 4.29. The molecule has 2 aromatic rings. The van der Waals surface area contributed by atoms with Crippen molar-refractivity contribution in [1.82, 2.24) is 0 Å². The van der Waals surface area contributed by atoms with Crippen LogP contribution in [0.25, 0.3) is 0 Å². The smallest absolute Gasteiger partial charge is 0.337 e. The van der Waals surface area contributed by atoms with Gasteiger partial charge >= 0.3 is 5.97 Å². The second kappa shape index (κ2) is 6.00. The second-order valence-corrected chi connectivity index (χ2v) is 9.08. The average molecular weight is 382 g/mol. The van der Waals surface area contributed by atoms with Gasteiger partial charge in [0.1, 0.15) is 0 Å². The first-order chi connectivity index (χ1) is 12.9. The van der Waals surface area contributed by atoms with Gasteiger partial charge in [-0.25, -0.2) is 4.79 Å². The van der Waals surface area contributed by atoms with Gasteiger partial charge in [-0.3, -0.25) is 0 Å². The summed E-state index contributed by atoms with van der Waals surface area (Å²) in [5, 5.41) is 14.0. The van der Waals surface area contributed by atoms with Gasteiger partial charge in [0.2, 0.25) is 0 Å². The van der Waals surface area contributed by atoms with Crippen LogP contribution in [0.2, 0.25) is 5.02 Å². The third-order valence-corrected chi connectivity index (χ3v) is 7.38. The molecule has 5 atom stereocenters. The first kappa shape index (κ1) is 17.1. The number of nitrogens with one attached hydrogen (secondary N) is 1. The summed E-state index contributed by atoms with van der Waals surface area (Å²) in [5.41, 5.74) is 6.04. The van der Waals surface area contributed by atoms with Crippen LogP contribution >= 0.6 is 11.6 Å². The van der Waals surface area contributed by atoms with Crippen molar-refractivity contribution in [2.75, 3.05) is 5.32 Å². The third-order valence-electron chi connectivity index (χ3n) is 7.16. The summed E-state index contributed by atoms with van der Waals surface area (Å²) in [7, 11) is 0. The van der Waals surface area contributed by atoms with E-state index in [4.69, 9.17) is 11.6 Å². The topological polar surface area (TPSA) is 49.3 Å². The van der Waals surface area contributed by atoms with Crippen LogP contribution in [0.15, 0.2) is 30.3 Å². The van der Waals surface area contributed by atoms with Gasteiger partial charge in [0.05, 0.1) is 17.3 Å². The molecule has 0 spiro atoms. The van der Waals surface area contributed by atoms with E-state index in [1.54, 1.807) is 6.07 Å². The predicted molar refractivity (Wildman–Crippen MR) is 108 cm³/mol. The summed E-state index contributed by atoms with van der Waals surface area (Å²) in [5.74, 6) is 1.35. The number of halogens is 1. The SMILES string of the molecule is Cc1ccc(C)c([C@H]2Nc3c(C(=O)O)cc(Cl)cc3[C@H]3[C@H]4CC[C@H](C4)[C@H]32)c1. The van der Waals surface area contributed by atoms with E-state index in [0.717, 1.165) is 11.3 Å². The predicted octanol–water partition coefficient (Wildman–Crippen LogP) is 5.95. The van der Waals surface area contributed by atoms with Gasteiger partial charge in [-0.1, -0.05) is 35.4 Å².